The Bertz CT molecular complexity index is 387. The van der Waals surface area contributed by atoms with Gasteiger partial charge in [-0.25, -0.2) is 4.79 Å². The van der Waals surface area contributed by atoms with Crippen molar-refractivity contribution in [3.63, 3.8) is 0 Å². The lowest BCUT2D eigenvalue weighted by Gasteiger charge is -2.19. The van der Waals surface area contributed by atoms with E-state index in [-0.39, 0.29) is 5.56 Å². The van der Waals surface area contributed by atoms with Crippen LogP contribution in [0.4, 0.5) is 0 Å². The molecule has 0 atom stereocenters. The fourth-order valence-corrected chi connectivity index (χ4v) is 1.84. The first-order valence-electron chi connectivity index (χ1n) is 4.37. The molecule has 0 aliphatic carbocycles. The summed E-state index contributed by atoms with van der Waals surface area (Å²) in [5.41, 5.74) is 1.02. The maximum absolute atomic E-state index is 10.9. The fraction of sp³-hybridized carbons (Fsp3) is 0.300. The van der Waals surface area contributed by atoms with Gasteiger partial charge in [0.1, 0.15) is 11.3 Å². The van der Waals surface area contributed by atoms with Crippen LogP contribution in [0.3, 0.4) is 0 Å². The normalized spacial score (nSPS) is 14.4. The van der Waals surface area contributed by atoms with Gasteiger partial charge < -0.3 is 9.84 Å². The van der Waals surface area contributed by atoms with Crippen molar-refractivity contribution in [2.45, 2.75) is 12.8 Å². The van der Waals surface area contributed by atoms with Gasteiger partial charge in [-0.1, -0.05) is 11.6 Å². The number of halogens is 1. The van der Waals surface area contributed by atoms with E-state index in [1.54, 1.807) is 6.07 Å². The number of aromatic carboxylic acids is 1. The lowest BCUT2D eigenvalue weighted by atomic mass is 10.0. The summed E-state index contributed by atoms with van der Waals surface area (Å²) in [5, 5.41) is 9.50. The average molecular weight is 213 g/mol. The predicted octanol–water partition coefficient (Wildman–Crippen LogP) is 2.36. The molecule has 0 saturated heterocycles. The zero-order valence-corrected chi connectivity index (χ0v) is 8.17. The van der Waals surface area contributed by atoms with E-state index in [0.717, 1.165) is 18.4 Å². The number of carboxylic acid groups (broad SMARTS) is 1. The first-order valence-corrected chi connectivity index (χ1v) is 4.75. The molecule has 1 aliphatic rings. The Labute approximate surface area is 86.3 Å². The van der Waals surface area contributed by atoms with Gasteiger partial charge in [-0.15, -0.1) is 0 Å². The summed E-state index contributed by atoms with van der Waals surface area (Å²) in [6.07, 6.45) is 1.67. The van der Waals surface area contributed by atoms with E-state index >= 15 is 0 Å². The second-order valence-electron chi connectivity index (χ2n) is 3.16. The zero-order valence-electron chi connectivity index (χ0n) is 7.42. The molecule has 3 nitrogen and oxygen atoms in total. The third-order valence-electron chi connectivity index (χ3n) is 2.25. The molecule has 0 spiro atoms. The van der Waals surface area contributed by atoms with Gasteiger partial charge >= 0.3 is 5.97 Å². The highest BCUT2D eigenvalue weighted by Crippen LogP contribution is 2.34. The van der Waals surface area contributed by atoms with E-state index < -0.39 is 5.97 Å². The molecule has 14 heavy (non-hydrogen) atoms. The Morgan fingerprint density at radius 3 is 3.00 bits per heavy atom. The molecule has 1 aromatic carbocycles. The van der Waals surface area contributed by atoms with Gasteiger partial charge in [0.25, 0.3) is 0 Å². The van der Waals surface area contributed by atoms with Crippen LogP contribution in [0.1, 0.15) is 22.3 Å². The van der Waals surface area contributed by atoms with Crippen molar-refractivity contribution in [3.8, 4) is 5.75 Å². The highest BCUT2D eigenvalue weighted by atomic mass is 35.5. The summed E-state index contributed by atoms with van der Waals surface area (Å²) in [6, 6.07) is 3.09. The van der Waals surface area contributed by atoms with E-state index in [4.69, 9.17) is 21.4 Å². The number of hydrogen-bond donors (Lipinski definition) is 1. The Hall–Kier alpha value is -1.22. The summed E-state index contributed by atoms with van der Waals surface area (Å²) < 4.78 is 5.33. The minimum atomic E-state index is -0.972. The van der Waals surface area contributed by atoms with Gasteiger partial charge in [0.15, 0.2) is 0 Å². The van der Waals surface area contributed by atoms with Crippen LogP contribution in [-0.4, -0.2) is 17.7 Å². The molecule has 1 aliphatic heterocycles. The number of carboxylic acids is 1. The highest BCUT2D eigenvalue weighted by Gasteiger charge is 2.20. The fourth-order valence-electron chi connectivity index (χ4n) is 1.59. The van der Waals surface area contributed by atoms with Crippen molar-refractivity contribution in [2.24, 2.45) is 0 Å². The summed E-state index contributed by atoms with van der Waals surface area (Å²) in [5.74, 6) is -0.531. The maximum Gasteiger partial charge on any atom is 0.339 e. The topological polar surface area (TPSA) is 46.5 Å². The molecule has 2 rings (SSSR count). The molecule has 0 fully saturated rings. The molecule has 1 aromatic rings. The van der Waals surface area contributed by atoms with Gasteiger partial charge in [0.2, 0.25) is 0 Å². The lowest BCUT2D eigenvalue weighted by molar-refractivity contribution is 0.0691. The monoisotopic (exact) mass is 212 g/mol. The Balaban J connectivity index is 2.59. The van der Waals surface area contributed by atoms with Crippen LogP contribution in [0.5, 0.6) is 5.75 Å². The first-order chi connectivity index (χ1) is 6.70. The summed E-state index contributed by atoms with van der Waals surface area (Å²) in [4.78, 5) is 10.9. The first kappa shape index (κ1) is 9.34. The molecule has 0 saturated carbocycles. The summed E-state index contributed by atoms with van der Waals surface area (Å²) in [6.45, 7) is 0.563. The second-order valence-corrected chi connectivity index (χ2v) is 3.57. The number of ether oxygens (including phenoxy) is 1. The molecule has 4 heteroatoms. The number of rotatable bonds is 1. The van der Waals surface area contributed by atoms with Crippen LogP contribution in [0.2, 0.25) is 5.02 Å². The molecule has 0 bridgehead atoms. The molecule has 0 aromatic heterocycles. The van der Waals surface area contributed by atoms with Gasteiger partial charge in [0.05, 0.1) is 6.61 Å². The SMILES string of the molecule is O=C(O)c1ccc(Cl)c2c1OCCC2. The third kappa shape index (κ3) is 1.44. The molecular weight excluding hydrogens is 204 g/mol. The summed E-state index contributed by atoms with van der Waals surface area (Å²) >= 11 is 5.95. The van der Waals surface area contributed by atoms with Crippen molar-refractivity contribution in [1.82, 2.24) is 0 Å². The van der Waals surface area contributed by atoms with Crippen LogP contribution >= 0.6 is 11.6 Å². The Morgan fingerprint density at radius 2 is 2.29 bits per heavy atom. The van der Waals surface area contributed by atoms with Crippen LogP contribution in [-0.2, 0) is 6.42 Å². The number of fused-ring (bicyclic) bond motifs is 1. The predicted molar refractivity (Wildman–Crippen MR) is 52.2 cm³/mol. The van der Waals surface area contributed by atoms with Crippen molar-refractivity contribution >= 4 is 17.6 Å². The van der Waals surface area contributed by atoms with Gasteiger partial charge in [-0.2, -0.15) is 0 Å². The molecular formula is C10H9ClO3. The van der Waals surface area contributed by atoms with E-state index in [0.29, 0.717) is 17.4 Å². The van der Waals surface area contributed by atoms with E-state index in [1.807, 2.05) is 0 Å². The molecule has 0 unspecified atom stereocenters. The maximum atomic E-state index is 10.9. The molecule has 0 amide bonds. The smallest absolute Gasteiger partial charge is 0.339 e. The minimum absolute atomic E-state index is 0.198. The molecule has 74 valence electrons. The average Bonchev–Trinajstić information content (AvgIpc) is 2.18. The van der Waals surface area contributed by atoms with E-state index in [1.165, 1.54) is 6.07 Å². The highest BCUT2D eigenvalue weighted by molar-refractivity contribution is 6.31. The van der Waals surface area contributed by atoms with Gasteiger partial charge in [0, 0.05) is 10.6 Å². The molecule has 1 N–H and O–H groups in total. The number of benzene rings is 1. The van der Waals surface area contributed by atoms with Crippen molar-refractivity contribution in [2.75, 3.05) is 6.61 Å². The van der Waals surface area contributed by atoms with Crippen LogP contribution < -0.4 is 4.74 Å². The lowest BCUT2D eigenvalue weighted by Crippen LogP contribution is -2.13. The van der Waals surface area contributed by atoms with Crippen molar-refractivity contribution in [1.29, 1.82) is 0 Å². The minimum Gasteiger partial charge on any atom is -0.492 e. The largest absolute Gasteiger partial charge is 0.492 e. The van der Waals surface area contributed by atoms with Crippen LogP contribution in [0, 0.1) is 0 Å². The van der Waals surface area contributed by atoms with Gasteiger partial charge in [-0.05, 0) is 25.0 Å². The van der Waals surface area contributed by atoms with Crippen molar-refractivity contribution in [3.05, 3.63) is 28.3 Å². The third-order valence-corrected chi connectivity index (χ3v) is 2.61. The van der Waals surface area contributed by atoms with Crippen LogP contribution in [0.15, 0.2) is 12.1 Å². The summed E-state index contributed by atoms with van der Waals surface area (Å²) in [7, 11) is 0. The Morgan fingerprint density at radius 1 is 1.50 bits per heavy atom. The van der Waals surface area contributed by atoms with E-state index in [9.17, 15) is 4.79 Å². The quantitative estimate of drug-likeness (QED) is 0.778. The number of hydrogen-bond acceptors (Lipinski definition) is 2. The molecule has 1 heterocycles. The second kappa shape index (κ2) is 3.50. The van der Waals surface area contributed by atoms with Crippen LogP contribution in [0.25, 0.3) is 0 Å². The van der Waals surface area contributed by atoms with Gasteiger partial charge in [-0.3, -0.25) is 0 Å². The zero-order chi connectivity index (χ0) is 10.1. The standard InChI is InChI=1S/C10H9ClO3/c11-8-4-3-7(10(12)13)9-6(8)2-1-5-14-9/h3-4H,1-2,5H2,(H,12,13). The van der Waals surface area contributed by atoms with E-state index in [2.05, 4.69) is 0 Å². The number of carbonyl (C=O) groups is 1. The molecule has 0 radical (unpaired) electrons. The van der Waals surface area contributed by atoms with Crippen molar-refractivity contribution < 1.29 is 14.6 Å². The Kier molecular flexibility index (Phi) is 2.33.